The maximum Gasteiger partial charge on any atom is 0.410 e. The second-order valence-corrected chi connectivity index (χ2v) is 8.54. The summed E-state index contributed by atoms with van der Waals surface area (Å²) in [5, 5.41) is 3.51. The van der Waals surface area contributed by atoms with Gasteiger partial charge in [0.1, 0.15) is 5.60 Å². The van der Waals surface area contributed by atoms with Crippen LogP contribution in [0.15, 0.2) is 17.7 Å². The zero-order valence-corrected chi connectivity index (χ0v) is 15.7. The van der Waals surface area contributed by atoms with Gasteiger partial charge in [0.05, 0.1) is 0 Å². The van der Waals surface area contributed by atoms with E-state index in [4.69, 9.17) is 4.74 Å². The number of carbonyl (C=O) groups is 1. The van der Waals surface area contributed by atoms with E-state index in [9.17, 15) is 4.79 Å². The van der Waals surface area contributed by atoms with E-state index >= 15 is 0 Å². The number of carbonyl (C=O) groups excluding carboxylic acids is 1. The van der Waals surface area contributed by atoms with Gasteiger partial charge in [-0.05, 0) is 52.7 Å². The van der Waals surface area contributed by atoms with E-state index in [-0.39, 0.29) is 6.09 Å². The fourth-order valence-corrected chi connectivity index (χ4v) is 3.53. The van der Waals surface area contributed by atoms with E-state index < -0.39 is 5.60 Å². The molecule has 2 rings (SSSR count). The van der Waals surface area contributed by atoms with Crippen molar-refractivity contribution >= 4 is 17.4 Å². The van der Waals surface area contributed by atoms with E-state index in [1.807, 2.05) is 32.1 Å². The third-order valence-corrected chi connectivity index (χ3v) is 4.77. The first-order chi connectivity index (χ1) is 10.7. The molecule has 2 heterocycles. The number of thiophene rings is 1. The lowest BCUT2D eigenvalue weighted by atomic mass is 10.1. The molecule has 4 nitrogen and oxygen atoms in total. The predicted octanol–water partition coefficient (Wildman–Crippen LogP) is 4.02. The highest BCUT2D eigenvalue weighted by molar-refractivity contribution is 7.12. The summed E-state index contributed by atoms with van der Waals surface area (Å²) in [6.45, 7) is 13.2. The van der Waals surface area contributed by atoms with Gasteiger partial charge in [-0.25, -0.2) is 4.79 Å². The fraction of sp³-hybridized carbons (Fsp3) is 0.611. The Bertz CT molecular complexity index is 584. The maximum atomic E-state index is 12.0. The van der Waals surface area contributed by atoms with Crippen molar-refractivity contribution < 1.29 is 9.53 Å². The van der Waals surface area contributed by atoms with Crippen molar-refractivity contribution in [3.63, 3.8) is 0 Å². The van der Waals surface area contributed by atoms with E-state index in [1.54, 1.807) is 4.90 Å². The lowest BCUT2D eigenvalue weighted by molar-refractivity contribution is 0.0265. The topological polar surface area (TPSA) is 41.6 Å². The molecule has 0 saturated heterocycles. The Hall–Kier alpha value is -1.33. The summed E-state index contributed by atoms with van der Waals surface area (Å²) in [5.74, 6) is 0. The Morgan fingerprint density at radius 3 is 2.61 bits per heavy atom. The molecule has 128 valence electrons. The van der Waals surface area contributed by atoms with E-state index in [2.05, 4.69) is 31.3 Å². The van der Waals surface area contributed by atoms with Gasteiger partial charge in [-0.1, -0.05) is 11.6 Å². The van der Waals surface area contributed by atoms with Gasteiger partial charge in [0.15, 0.2) is 0 Å². The zero-order valence-electron chi connectivity index (χ0n) is 14.9. The van der Waals surface area contributed by atoms with Crippen LogP contribution in [0.1, 0.15) is 42.5 Å². The van der Waals surface area contributed by atoms with Crippen LogP contribution in [-0.4, -0.2) is 36.2 Å². The number of ether oxygens (including phenoxy) is 1. The molecule has 1 amide bonds. The zero-order chi connectivity index (χ0) is 17.0. The predicted molar refractivity (Wildman–Crippen MR) is 96.0 cm³/mol. The molecule has 0 atom stereocenters. The van der Waals surface area contributed by atoms with Crippen molar-refractivity contribution in [3.05, 3.63) is 33.0 Å². The van der Waals surface area contributed by atoms with E-state index in [0.29, 0.717) is 6.54 Å². The lowest BCUT2D eigenvalue weighted by Gasteiger charge is -2.29. The second kappa shape index (κ2) is 7.49. The van der Waals surface area contributed by atoms with Crippen LogP contribution in [-0.2, 0) is 11.3 Å². The van der Waals surface area contributed by atoms with Gasteiger partial charge in [0.25, 0.3) is 0 Å². The Labute approximate surface area is 143 Å². The highest BCUT2D eigenvalue weighted by Gasteiger charge is 2.23. The van der Waals surface area contributed by atoms with Crippen molar-refractivity contribution in [3.8, 4) is 0 Å². The van der Waals surface area contributed by atoms with Crippen molar-refractivity contribution in [2.24, 2.45) is 0 Å². The van der Waals surface area contributed by atoms with E-state index in [0.717, 1.165) is 26.1 Å². The highest BCUT2D eigenvalue weighted by atomic mass is 32.1. The minimum atomic E-state index is -0.431. The number of amides is 1. The van der Waals surface area contributed by atoms with Gasteiger partial charge in [0.2, 0.25) is 0 Å². The van der Waals surface area contributed by atoms with Crippen LogP contribution in [0.2, 0.25) is 0 Å². The fourth-order valence-electron chi connectivity index (χ4n) is 2.58. The maximum absolute atomic E-state index is 12.0. The van der Waals surface area contributed by atoms with Crippen LogP contribution in [0.4, 0.5) is 4.79 Å². The van der Waals surface area contributed by atoms with Crippen LogP contribution in [0.3, 0.4) is 0 Å². The molecule has 0 saturated carbocycles. The number of hydrogen-bond donors (Lipinski definition) is 1. The molecule has 1 aromatic rings. The van der Waals surface area contributed by atoms with Gasteiger partial charge >= 0.3 is 6.09 Å². The molecule has 23 heavy (non-hydrogen) atoms. The molecule has 1 aliphatic rings. The summed E-state index contributed by atoms with van der Waals surface area (Å²) in [6, 6.07) is 2.26. The van der Waals surface area contributed by atoms with Crippen molar-refractivity contribution in [2.45, 2.75) is 53.2 Å². The number of nitrogens with one attached hydrogen (secondary N) is 1. The van der Waals surface area contributed by atoms with E-state index in [1.165, 1.54) is 20.9 Å². The summed E-state index contributed by atoms with van der Waals surface area (Å²) in [6.07, 6.45) is 2.84. The van der Waals surface area contributed by atoms with Crippen LogP contribution in [0.25, 0.3) is 0 Å². The molecular weight excluding hydrogens is 308 g/mol. The van der Waals surface area contributed by atoms with Gasteiger partial charge in [-0.2, -0.15) is 0 Å². The minimum Gasteiger partial charge on any atom is -0.444 e. The quantitative estimate of drug-likeness (QED) is 0.844. The molecule has 1 N–H and O–H groups in total. The molecule has 1 aromatic heterocycles. The third kappa shape index (κ3) is 5.66. The van der Waals surface area contributed by atoms with Crippen LogP contribution < -0.4 is 5.32 Å². The van der Waals surface area contributed by atoms with Crippen molar-refractivity contribution in [1.29, 1.82) is 0 Å². The number of hydrogen-bond acceptors (Lipinski definition) is 4. The lowest BCUT2D eigenvalue weighted by Crippen LogP contribution is -2.39. The molecule has 0 unspecified atom stereocenters. The van der Waals surface area contributed by atoms with Crippen molar-refractivity contribution in [2.75, 3.05) is 19.6 Å². The summed E-state index contributed by atoms with van der Waals surface area (Å²) < 4.78 is 5.41. The average molecular weight is 337 g/mol. The molecule has 0 aromatic carbocycles. The SMILES string of the molecule is Cc1cc(CNCC2=CCN(C(=O)OC(C)(C)C)CC2)c(C)s1. The second-order valence-electron chi connectivity index (χ2n) is 7.08. The molecule has 0 fully saturated rings. The average Bonchev–Trinajstić information content (AvgIpc) is 2.76. The third-order valence-electron chi connectivity index (χ3n) is 3.77. The van der Waals surface area contributed by atoms with Crippen LogP contribution >= 0.6 is 11.3 Å². The van der Waals surface area contributed by atoms with Crippen LogP contribution in [0, 0.1) is 13.8 Å². The minimum absolute atomic E-state index is 0.217. The van der Waals surface area contributed by atoms with Crippen LogP contribution in [0.5, 0.6) is 0 Å². The van der Waals surface area contributed by atoms with Gasteiger partial charge in [-0.3, -0.25) is 0 Å². The first-order valence-electron chi connectivity index (χ1n) is 8.17. The Balaban J connectivity index is 1.76. The Morgan fingerprint density at radius 1 is 1.35 bits per heavy atom. The molecular formula is C18H28N2O2S. The number of aryl methyl sites for hydroxylation is 2. The largest absolute Gasteiger partial charge is 0.444 e. The number of nitrogens with zero attached hydrogens (tertiary/aromatic N) is 1. The highest BCUT2D eigenvalue weighted by Crippen LogP contribution is 2.20. The normalized spacial score (nSPS) is 15.5. The Kier molecular flexibility index (Phi) is 5.87. The van der Waals surface area contributed by atoms with Crippen molar-refractivity contribution in [1.82, 2.24) is 10.2 Å². The molecule has 0 aliphatic carbocycles. The van der Waals surface area contributed by atoms with Gasteiger partial charge in [0, 0.05) is 35.9 Å². The molecule has 5 heteroatoms. The number of rotatable bonds is 4. The summed E-state index contributed by atoms with van der Waals surface area (Å²) in [7, 11) is 0. The molecule has 0 spiro atoms. The summed E-state index contributed by atoms with van der Waals surface area (Å²) in [5.41, 5.74) is 2.33. The first-order valence-corrected chi connectivity index (χ1v) is 8.99. The smallest absolute Gasteiger partial charge is 0.410 e. The standard InChI is InChI=1S/C18H28N2O2S/c1-13-10-16(14(2)23-13)12-19-11-15-6-8-20(9-7-15)17(21)22-18(3,4)5/h6,10,19H,7-9,11-12H2,1-5H3. The summed E-state index contributed by atoms with van der Waals surface area (Å²) >= 11 is 1.85. The van der Waals surface area contributed by atoms with Gasteiger partial charge < -0.3 is 15.0 Å². The van der Waals surface area contributed by atoms with Gasteiger partial charge in [-0.15, -0.1) is 11.3 Å². The monoisotopic (exact) mass is 336 g/mol. The Morgan fingerprint density at radius 2 is 2.09 bits per heavy atom. The molecule has 0 radical (unpaired) electrons. The summed E-state index contributed by atoms with van der Waals surface area (Å²) in [4.78, 5) is 16.5. The molecule has 0 bridgehead atoms. The first kappa shape index (κ1) is 18.0. The molecule has 1 aliphatic heterocycles.